The molecule has 0 bridgehead atoms. The molecule has 106 valence electrons. The van der Waals surface area contributed by atoms with Gasteiger partial charge in [-0.25, -0.2) is 4.98 Å². The lowest BCUT2D eigenvalue weighted by molar-refractivity contribution is 0.281. The SMILES string of the molecule is Cc1nc2nc(N)nc(N)c2c(-c2ccccc2)c1CO. The van der Waals surface area contributed by atoms with Crippen molar-refractivity contribution in [3.8, 4) is 11.1 Å². The number of aryl methyl sites for hydroxylation is 1. The third kappa shape index (κ3) is 2.15. The number of aromatic nitrogens is 3. The maximum absolute atomic E-state index is 9.72. The first-order valence-corrected chi connectivity index (χ1v) is 6.50. The standard InChI is InChI=1S/C15H15N5O/c1-8-10(7-21)11(9-5-3-2-4-6-9)12-13(16)19-15(17)20-14(12)18-8/h2-6,21H,7H2,1H3,(H4,16,17,18,19,20). The lowest BCUT2D eigenvalue weighted by Crippen LogP contribution is -2.06. The van der Waals surface area contributed by atoms with E-state index in [0.29, 0.717) is 22.3 Å². The average molecular weight is 281 g/mol. The van der Waals surface area contributed by atoms with Gasteiger partial charge in [-0.2, -0.15) is 9.97 Å². The minimum absolute atomic E-state index is 0.0858. The number of hydrogen-bond donors (Lipinski definition) is 3. The highest BCUT2D eigenvalue weighted by Gasteiger charge is 2.17. The fraction of sp³-hybridized carbons (Fsp3) is 0.133. The molecule has 6 nitrogen and oxygen atoms in total. The van der Waals surface area contributed by atoms with Crippen molar-refractivity contribution in [1.82, 2.24) is 15.0 Å². The van der Waals surface area contributed by atoms with Crippen LogP contribution in [0.1, 0.15) is 11.3 Å². The number of aliphatic hydroxyl groups excluding tert-OH is 1. The first-order chi connectivity index (χ1) is 10.1. The van der Waals surface area contributed by atoms with Crippen LogP contribution in [-0.2, 0) is 6.61 Å². The van der Waals surface area contributed by atoms with Crippen molar-refractivity contribution in [3.63, 3.8) is 0 Å². The molecule has 2 heterocycles. The van der Waals surface area contributed by atoms with E-state index in [9.17, 15) is 5.11 Å². The smallest absolute Gasteiger partial charge is 0.224 e. The summed E-state index contributed by atoms with van der Waals surface area (Å²) < 4.78 is 0. The third-order valence-corrected chi connectivity index (χ3v) is 3.42. The number of fused-ring (bicyclic) bond motifs is 1. The molecule has 0 saturated heterocycles. The van der Waals surface area contributed by atoms with Gasteiger partial charge in [-0.15, -0.1) is 0 Å². The van der Waals surface area contributed by atoms with Gasteiger partial charge in [0.1, 0.15) is 5.82 Å². The molecule has 0 spiro atoms. The molecule has 0 aliphatic heterocycles. The Labute approximate surface area is 121 Å². The van der Waals surface area contributed by atoms with Gasteiger partial charge in [0, 0.05) is 16.8 Å². The van der Waals surface area contributed by atoms with E-state index in [2.05, 4.69) is 15.0 Å². The normalized spacial score (nSPS) is 11.0. The molecule has 21 heavy (non-hydrogen) atoms. The second-order valence-corrected chi connectivity index (χ2v) is 4.74. The highest BCUT2D eigenvalue weighted by Crippen LogP contribution is 2.35. The van der Waals surface area contributed by atoms with Gasteiger partial charge < -0.3 is 16.6 Å². The first kappa shape index (κ1) is 13.3. The zero-order chi connectivity index (χ0) is 15.0. The van der Waals surface area contributed by atoms with Gasteiger partial charge in [0.05, 0.1) is 12.0 Å². The molecule has 0 amide bonds. The van der Waals surface area contributed by atoms with Crippen LogP contribution in [0.2, 0.25) is 0 Å². The molecular formula is C15H15N5O. The summed E-state index contributed by atoms with van der Waals surface area (Å²) in [6.45, 7) is 1.69. The van der Waals surface area contributed by atoms with Gasteiger partial charge in [-0.3, -0.25) is 0 Å². The highest BCUT2D eigenvalue weighted by molar-refractivity contribution is 6.01. The summed E-state index contributed by atoms with van der Waals surface area (Å²) >= 11 is 0. The van der Waals surface area contributed by atoms with E-state index in [1.54, 1.807) is 0 Å². The Morgan fingerprint density at radius 2 is 1.76 bits per heavy atom. The number of rotatable bonds is 2. The summed E-state index contributed by atoms with van der Waals surface area (Å²) in [7, 11) is 0. The Morgan fingerprint density at radius 1 is 1.05 bits per heavy atom. The van der Waals surface area contributed by atoms with Gasteiger partial charge >= 0.3 is 0 Å². The molecule has 0 radical (unpaired) electrons. The number of nitrogens with zero attached hydrogens (tertiary/aromatic N) is 3. The van der Waals surface area contributed by atoms with Crippen molar-refractivity contribution in [2.45, 2.75) is 13.5 Å². The van der Waals surface area contributed by atoms with Crippen molar-refractivity contribution in [3.05, 3.63) is 41.6 Å². The van der Waals surface area contributed by atoms with Crippen LogP contribution in [0.25, 0.3) is 22.2 Å². The zero-order valence-corrected chi connectivity index (χ0v) is 11.5. The van der Waals surface area contributed by atoms with Crippen molar-refractivity contribution < 1.29 is 5.11 Å². The van der Waals surface area contributed by atoms with Gasteiger partial charge in [0.15, 0.2) is 5.65 Å². The highest BCUT2D eigenvalue weighted by atomic mass is 16.3. The Hall–Kier alpha value is -2.73. The molecule has 0 aliphatic carbocycles. The van der Waals surface area contributed by atoms with Crippen LogP contribution < -0.4 is 11.5 Å². The lowest BCUT2D eigenvalue weighted by Gasteiger charge is -2.15. The number of nitrogens with two attached hydrogens (primary N) is 2. The second kappa shape index (κ2) is 4.99. The van der Waals surface area contributed by atoms with Gasteiger partial charge in [-0.1, -0.05) is 30.3 Å². The molecule has 3 rings (SSSR count). The van der Waals surface area contributed by atoms with E-state index in [4.69, 9.17) is 11.5 Å². The average Bonchev–Trinajstić information content (AvgIpc) is 2.46. The minimum atomic E-state index is -0.136. The maximum atomic E-state index is 9.72. The fourth-order valence-corrected chi connectivity index (χ4v) is 2.48. The first-order valence-electron chi connectivity index (χ1n) is 6.50. The Morgan fingerprint density at radius 3 is 2.43 bits per heavy atom. The molecule has 0 atom stereocenters. The predicted molar refractivity (Wildman–Crippen MR) is 82.3 cm³/mol. The van der Waals surface area contributed by atoms with Crippen molar-refractivity contribution in [1.29, 1.82) is 0 Å². The number of benzene rings is 1. The fourth-order valence-electron chi connectivity index (χ4n) is 2.48. The van der Waals surface area contributed by atoms with Crippen LogP contribution in [0.4, 0.5) is 11.8 Å². The molecule has 0 aliphatic rings. The van der Waals surface area contributed by atoms with Crippen molar-refractivity contribution >= 4 is 22.8 Å². The Bertz CT molecular complexity index is 817. The summed E-state index contributed by atoms with van der Waals surface area (Å²) in [4.78, 5) is 12.6. The Kier molecular flexibility index (Phi) is 3.15. The molecule has 5 N–H and O–H groups in total. The van der Waals surface area contributed by atoms with Gasteiger partial charge in [0.25, 0.3) is 0 Å². The molecule has 2 aromatic heterocycles. The quantitative estimate of drug-likeness (QED) is 0.658. The predicted octanol–water partition coefficient (Wildman–Crippen LogP) is 1.66. The summed E-state index contributed by atoms with van der Waals surface area (Å²) in [5.74, 6) is 0.348. The Balaban J connectivity index is 2.50. The minimum Gasteiger partial charge on any atom is -0.392 e. The van der Waals surface area contributed by atoms with Crippen LogP contribution in [0.5, 0.6) is 0 Å². The van der Waals surface area contributed by atoms with E-state index < -0.39 is 0 Å². The van der Waals surface area contributed by atoms with Crippen LogP contribution in [-0.4, -0.2) is 20.1 Å². The van der Waals surface area contributed by atoms with Gasteiger partial charge in [-0.05, 0) is 12.5 Å². The summed E-state index contributed by atoms with van der Waals surface area (Å²) in [5, 5.41) is 10.3. The molecule has 0 fully saturated rings. The van der Waals surface area contributed by atoms with Crippen LogP contribution in [0.3, 0.4) is 0 Å². The van der Waals surface area contributed by atoms with Crippen LogP contribution in [0, 0.1) is 6.92 Å². The van der Waals surface area contributed by atoms with E-state index in [0.717, 1.165) is 11.1 Å². The summed E-state index contributed by atoms with van der Waals surface area (Å²) in [5.41, 5.74) is 15.2. The summed E-state index contributed by atoms with van der Waals surface area (Å²) in [6, 6.07) is 9.67. The van der Waals surface area contributed by atoms with E-state index in [1.807, 2.05) is 37.3 Å². The molecular weight excluding hydrogens is 266 g/mol. The summed E-state index contributed by atoms with van der Waals surface area (Å²) in [6.07, 6.45) is 0. The second-order valence-electron chi connectivity index (χ2n) is 4.74. The topological polar surface area (TPSA) is 111 Å². The van der Waals surface area contributed by atoms with Crippen LogP contribution in [0.15, 0.2) is 30.3 Å². The number of anilines is 2. The maximum Gasteiger partial charge on any atom is 0.224 e. The van der Waals surface area contributed by atoms with E-state index in [-0.39, 0.29) is 18.4 Å². The zero-order valence-electron chi connectivity index (χ0n) is 11.5. The molecule has 3 aromatic rings. The monoisotopic (exact) mass is 281 g/mol. The largest absolute Gasteiger partial charge is 0.392 e. The van der Waals surface area contributed by atoms with Crippen molar-refractivity contribution in [2.24, 2.45) is 0 Å². The number of aliphatic hydroxyl groups is 1. The van der Waals surface area contributed by atoms with E-state index in [1.165, 1.54) is 0 Å². The van der Waals surface area contributed by atoms with E-state index >= 15 is 0 Å². The van der Waals surface area contributed by atoms with Crippen LogP contribution >= 0.6 is 0 Å². The van der Waals surface area contributed by atoms with Gasteiger partial charge in [0.2, 0.25) is 5.95 Å². The lowest BCUT2D eigenvalue weighted by atomic mass is 9.96. The number of pyridine rings is 1. The number of hydrogen-bond acceptors (Lipinski definition) is 6. The molecule has 6 heteroatoms. The van der Waals surface area contributed by atoms with Crippen molar-refractivity contribution in [2.75, 3.05) is 11.5 Å². The molecule has 0 unspecified atom stereocenters. The number of nitrogen functional groups attached to an aromatic ring is 2. The third-order valence-electron chi connectivity index (χ3n) is 3.42. The molecule has 0 saturated carbocycles. The molecule has 1 aromatic carbocycles.